The first kappa shape index (κ1) is 88.6. The minimum absolute atomic E-state index is 0.0741. The first-order chi connectivity index (χ1) is 48.4. The van der Waals surface area contributed by atoms with E-state index in [-0.39, 0.29) is 64.5 Å². The lowest BCUT2D eigenvalue weighted by atomic mass is 9.96. The van der Waals surface area contributed by atoms with Crippen LogP contribution in [0.2, 0.25) is 0 Å². The van der Waals surface area contributed by atoms with Crippen LogP contribution in [0.4, 0.5) is 0 Å². The average Bonchev–Trinajstić information content (AvgIpc) is 1.77. The van der Waals surface area contributed by atoms with Crippen LogP contribution in [0.5, 0.6) is 0 Å². The van der Waals surface area contributed by atoms with Crippen LogP contribution >= 0.6 is 0 Å². The number of rotatable bonds is 50. The maximum absolute atomic E-state index is 14.8. The van der Waals surface area contributed by atoms with E-state index in [0.717, 1.165) is 6.92 Å². The first-order valence-corrected chi connectivity index (χ1v) is 33.2. The molecule has 0 saturated heterocycles. The summed E-state index contributed by atoms with van der Waals surface area (Å²) in [6.07, 6.45) is -5.82. The number of aromatic nitrogens is 1. The second-order valence-corrected chi connectivity index (χ2v) is 24.6. The van der Waals surface area contributed by atoms with Crippen LogP contribution in [0, 0.1) is 11.8 Å². The Morgan fingerprint density at radius 1 is 0.427 bits per heavy atom. The highest BCUT2D eigenvalue weighted by molar-refractivity contribution is 6.01. The fourth-order valence-corrected chi connectivity index (χ4v) is 10.2. The van der Waals surface area contributed by atoms with Gasteiger partial charge in [0.25, 0.3) is 0 Å². The number of carbonyl (C=O) groups excluding carboxylic acids is 12. The van der Waals surface area contributed by atoms with Gasteiger partial charge < -0.3 is 122 Å². The van der Waals surface area contributed by atoms with Crippen molar-refractivity contribution in [3.8, 4) is 0 Å². The molecule has 1 aromatic carbocycles. The van der Waals surface area contributed by atoms with Crippen molar-refractivity contribution < 1.29 is 117 Å². The summed E-state index contributed by atoms with van der Waals surface area (Å²) in [5.41, 5.74) is 23.3. The number of benzene rings is 1. The molecule has 12 amide bonds. The standard InChI is InChI=1S/C63H98N16O24/c1-6-29(3)49(77-60(100)42(26-48(90)91)74-58(98)40(24-46(86)87)75-62(102)50(30(4)7-2)78-59(99)41(25-47(88)89)72-53(93)34(66)23-45(84)85)61(101)71-36(16-10-12-20-64)54(94)73-39(22-32-27-68-35-15-9-8-14-33(32)35)57(97)70-38(18-19-44(82)83)55(95)69-37(17-11-13-21-65)56(96)79-51(31(5)81)63(103)76-43(28-80)52(67)92/h8-9,14-15,27,29-31,34,36-43,49-51,68,80-81H,6-7,10-13,16-26,28,64-66H2,1-5H3,(H2,67,92)(H,69,95)(H,70,97)(H,71,101)(H,72,93)(H,73,94)(H,74,98)(H,75,102)(H,76,103)(H,77,100)(H,78,99)(H,79,96)(H,82,83)(H,84,85)(H,86,87)(H,88,89)(H,90,91)/t29-,30-,31+,34-,36-,37-,38-,39-,40-,41-,42-,43-,49-,50-,51-/m0/s1. The summed E-state index contributed by atoms with van der Waals surface area (Å²) in [6, 6.07) is -14.9. The Balaban J connectivity index is 2.65. The van der Waals surface area contributed by atoms with Gasteiger partial charge in [-0.05, 0) is 88.4 Å². The van der Waals surface area contributed by atoms with E-state index in [1.165, 1.54) is 27.0 Å². The summed E-state index contributed by atoms with van der Waals surface area (Å²) in [7, 11) is 0. The third-order valence-corrected chi connectivity index (χ3v) is 16.4. The fourth-order valence-electron chi connectivity index (χ4n) is 10.2. The van der Waals surface area contributed by atoms with Crippen LogP contribution < -0.4 is 81.4 Å². The number of aliphatic hydroxyl groups is 2. The lowest BCUT2D eigenvalue weighted by Gasteiger charge is -2.30. The van der Waals surface area contributed by atoms with E-state index in [1.54, 1.807) is 31.2 Å². The van der Waals surface area contributed by atoms with Gasteiger partial charge in [-0.25, -0.2) is 0 Å². The van der Waals surface area contributed by atoms with E-state index in [0.29, 0.717) is 22.9 Å². The largest absolute Gasteiger partial charge is 0.481 e. The number of H-pyrrole nitrogens is 1. The first-order valence-electron chi connectivity index (χ1n) is 33.2. The number of primary amides is 1. The Hall–Kier alpha value is -10.4. The number of hydrogen-bond donors (Lipinski definition) is 23. The minimum Gasteiger partial charge on any atom is -0.481 e. The number of aliphatic hydroxyl groups excluding tert-OH is 2. The van der Waals surface area contributed by atoms with Crippen molar-refractivity contribution in [1.29, 1.82) is 0 Å². The molecule has 0 bridgehead atoms. The third-order valence-electron chi connectivity index (χ3n) is 16.4. The maximum Gasteiger partial charge on any atom is 0.305 e. The van der Waals surface area contributed by atoms with Gasteiger partial charge in [0.1, 0.15) is 66.5 Å². The summed E-state index contributed by atoms with van der Waals surface area (Å²) >= 11 is 0. The second kappa shape index (κ2) is 44.7. The SMILES string of the molecule is CC[C@H](C)[C@H](NC(=O)[C@H](CC(=O)O)NC(=O)[C@H](CC(=O)O)NC(=O)[C@@H](NC(=O)[C@H](CC(=O)O)NC(=O)[C@@H](N)CC(=O)O)[C@@H](C)CC)C(=O)N[C@@H](CCCCN)C(=O)N[C@@H](Cc1c[nH]c2ccccc12)C(=O)N[C@@H](CCC(=O)O)C(=O)N[C@@H](CCCCN)C(=O)N[C@H](C(=O)N[C@@H](CO)C(N)=O)[C@@H](C)O. The quantitative estimate of drug-likeness (QED) is 0.0274. The highest BCUT2D eigenvalue weighted by Crippen LogP contribution is 2.21. The number of aliphatic carboxylic acids is 5. The molecule has 1 aromatic heterocycles. The zero-order chi connectivity index (χ0) is 78.0. The van der Waals surface area contributed by atoms with Gasteiger partial charge in [-0.2, -0.15) is 0 Å². The lowest BCUT2D eigenvalue weighted by Crippen LogP contribution is -2.62. The molecule has 0 aliphatic rings. The number of carboxylic acids is 5. The molecule has 1 heterocycles. The fraction of sp³-hybridized carbons (Fsp3) is 0.603. The Morgan fingerprint density at radius 3 is 1.19 bits per heavy atom. The molecule has 2 rings (SSSR count). The molecule has 0 aliphatic carbocycles. The molecule has 0 fully saturated rings. The van der Waals surface area contributed by atoms with Crippen LogP contribution in [0.3, 0.4) is 0 Å². The Kier molecular flexibility index (Phi) is 38.5. The topological polar surface area (TPSA) is 684 Å². The number of hydrogen-bond acceptors (Lipinski definition) is 22. The number of amides is 12. The van der Waals surface area contributed by atoms with Crippen LogP contribution in [-0.4, -0.2) is 240 Å². The highest BCUT2D eigenvalue weighted by atomic mass is 16.4. The van der Waals surface area contributed by atoms with Crippen molar-refractivity contribution in [3.63, 3.8) is 0 Å². The van der Waals surface area contributed by atoms with Gasteiger partial charge in [0, 0.05) is 29.9 Å². The molecule has 574 valence electrons. The second-order valence-electron chi connectivity index (χ2n) is 24.6. The van der Waals surface area contributed by atoms with Gasteiger partial charge in [0.05, 0.1) is 44.4 Å². The zero-order valence-corrected chi connectivity index (χ0v) is 57.7. The molecule has 40 nitrogen and oxygen atoms in total. The monoisotopic (exact) mass is 1460 g/mol. The molecule has 103 heavy (non-hydrogen) atoms. The normalized spacial score (nSPS) is 15.5. The molecule has 0 aliphatic heterocycles. The Bertz CT molecular complexity index is 3310. The van der Waals surface area contributed by atoms with E-state index in [1.807, 2.05) is 5.32 Å². The van der Waals surface area contributed by atoms with Crippen LogP contribution in [0.15, 0.2) is 30.5 Å². The number of para-hydroxylation sites is 1. The van der Waals surface area contributed by atoms with Crippen LogP contribution in [0.1, 0.15) is 130 Å². The molecule has 15 atom stereocenters. The van der Waals surface area contributed by atoms with E-state index < -0.39 is 236 Å². The molecular formula is C63H98N16O24. The number of carboxylic acid groups (broad SMARTS) is 5. The van der Waals surface area contributed by atoms with Gasteiger partial charge in [0.2, 0.25) is 70.9 Å². The summed E-state index contributed by atoms with van der Waals surface area (Å²) < 4.78 is 0. The van der Waals surface area contributed by atoms with Crippen LogP contribution in [0.25, 0.3) is 10.9 Å². The van der Waals surface area contributed by atoms with Crippen molar-refractivity contribution >= 4 is 112 Å². The number of fused-ring (bicyclic) bond motifs is 1. The number of nitrogens with two attached hydrogens (primary N) is 4. The van der Waals surface area contributed by atoms with E-state index in [4.69, 9.17) is 28.0 Å². The van der Waals surface area contributed by atoms with E-state index >= 15 is 0 Å². The Morgan fingerprint density at radius 2 is 0.777 bits per heavy atom. The summed E-state index contributed by atoms with van der Waals surface area (Å²) in [6.45, 7) is 6.35. The van der Waals surface area contributed by atoms with Crippen molar-refractivity contribution in [3.05, 3.63) is 36.0 Å². The maximum atomic E-state index is 14.8. The Labute approximate surface area is 590 Å². The molecule has 27 N–H and O–H groups in total. The van der Waals surface area contributed by atoms with E-state index in [9.17, 15) is 112 Å². The molecule has 0 saturated carbocycles. The molecule has 0 radical (unpaired) electrons. The van der Waals surface area contributed by atoms with Gasteiger partial charge in [0.15, 0.2) is 0 Å². The van der Waals surface area contributed by atoms with Gasteiger partial charge in [-0.3, -0.25) is 81.5 Å². The summed E-state index contributed by atoms with van der Waals surface area (Å²) in [5, 5.41) is 94.1. The van der Waals surface area contributed by atoms with E-state index in [2.05, 4.69) is 58.2 Å². The minimum atomic E-state index is -2.17. The third kappa shape index (κ3) is 30.7. The summed E-state index contributed by atoms with van der Waals surface area (Å²) in [4.78, 5) is 229. The van der Waals surface area contributed by atoms with Gasteiger partial charge in [-0.1, -0.05) is 58.7 Å². The number of aromatic amines is 1. The predicted octanol–water partition coefficient (Wildman–Crippen LogP) is -6.66. The highest BCUT2D eigenvalue weighted by Gasteiger charge is 2.40. The molecule has 0 spiro atoms. The number of carbonyl (C=O) groups is 17. The van der Waals surface area contributed by atoms with Crippen LogP contribution in [-0.2, 0) is 87.9 Å². The van der Waals surface area contributed by atoms with Crippen molar-refractivity contribution in [2.75, 3.05) is 19.7 Å². The smallest absolute Gasteiger partial charge is 0.305 e. The molecular weight excluding hydrogens is 1360 g/mol. The van der Waals surface area contributed by atoms with Crippen molar-refractivity contribution in [2.24, 2.45) is 34.8 Å². The molecule has 2 aromatic rings. The zero-order valence-electron chi connectivity index (χ0n) is 57.7. The van der Waals surface area contributed by atoms with Crippen molar-refractivity contribution in [1.82, 2.24) is 63.5 Å². The number of nitrogens with one attached hydrogen (secondary N) is 12. The van der Waals surface area contributed by atoms with Crippen molar-refractivity contribution in [2.45, 2.75) is 210 Å². The predicted molar refractivity (Wildman–Crippen MR) is 360 cm³/mol. The number of unbranched alkanes of at least 4 members (excludes halogenated alkanes) is 2. The summed E-state index contributed by atoms with van der Waals surface area (Å²) in [5.74, 6) is -24.4. The van der Waals surface area contributed by atoms with Gasteiger partial charge in [-0.15, -0.1) is 0 Å². The van der Waals surface area contributed by atoms with Gasteiger partial charge >= 0.3 is 29.8 Å². The lowest BCUT2D eigenvalue weighted by molar-refractivity contribution is -0.144. The average molecular weight is 1460 g/mol. The molecule has 40 heteroatoms. The molecule has 0 unspecified atom stereocenters.